The van der Waals surface area contributed by atoms with Gasteiger partial charge < -0.3 is 15.0 Å². The highest BCUT2D eigenvalue weighted by molar-refractivity contribution is 6.34. The van der Waals surface area contributed by atoms with Gasteiger partial charge in [-0.2, -0.15) is 0 Å². The van der Waals surface area contributed by atoms with Crippen molar-refractivity contribution in [2.45, 2.75) is 37.5 Å². The summed E-state index contributed by atoms with van der Waals surface area (Å²) in [5, 5.41) is 3.37. The van der Waals surface area contributed by atoms with Gasteiger partial charge in [-0.1, -0.05) is 66.2 Å². The van der Waals surface area contributed by atoms with Gasteiger partial charge in [0.1, 0.15) is 17.2 Å². The number of benzene rings is 4. The Bertz CT molecular complexity index is 1810. The van der Waals surface area contributed by atoms with Gasteiger partial charge in [-0.3, -0.25) is 14.4 Å². The molecule has 7 rings (SSSR count). The zero-order chi connectivity index (χ0) is 29.9. The Morgan fingerprint density at radius 2 is 1.58 bits per heavy atom. The van der Waals surface area contributed by atoms with Gasteiger partial charge in [0.25, 0.3) is 0 Å². The summed E-state index contributed by atoms with van der Waals surface area (Å²) in [7, 11) is 0. The van der Waals surface area contributed by atoms with Crippen molar-refractivity contribution in [2.24, 2.45) is 5.92 Å². The van der Waals surface area contributed by atoms with Crippen LogP contribution < -0.4 is 10.1 Å². The quantitative estimate of drug-likeness (QED) is 0.243. The number of ketones is 2. The van der Waals surface area contributed by atoms with E-state index in [1.807, 2.05) is 79.6 Å². The Kier molecular flexibility index (Phi) is 6.47. The molecule has 1 amide bonds. The summed E-state index contributed by atoms with van der Waals surface area (Å²) >= 11 is 6.58. The maximum absolute atomic E-state index is 14.9. The molecule has 0 radical (unpaired) electrons. The van der Waals surface area contributed by atoms with Gasteiger partial charge in [0.15, 0.2) is 11.6 Å². The van der Waals surface area contributed by atoms with E-state index in [2.05, 4.69) is 5.32 Å². The van der Waals surface area contributed by atoms with Crippen LogP contribution in [0, 0.1) is 5.92 Å². The van der Waals surface area contributed by atoms with E-state index in [0.717, 1.165) is 11.1 Å². The SMILES string of the molecule is CC(C)Oc1ccc(C(=O)[C@@H]2[C@H](C(=O)c3ccccc3Cl)N3C=Cc4ccccc4[C@@H]3[C@]23C(=O)Nc2ccccc23)cc1. The molecule has 3 aliphatic heterocycles. The third-order valence-corrected chi connectivity index (χ3v) is 9.10. The lowest BCUT2D eigenvalue weighted by atomic mass is 9.62. The molecule has 1 spiro atoms. The van der Waals surface area contributed by atoms with Crippen molar-refractivity contribution in [3.05, 3.63) is 136 Å². The zero-order valence-electron chi connectivity index (χ0n) is 23.7. The molecule has 3 aliphatic rings. The summed E-state index contributed by atoms with van der Waals surface area (Å²) < 4.78 is 5.82. The van der Waals surface area contributed by atoms with Gasteiger partial charge in [-0.05, 0) is 79.1 Å². The molecule has 0 aromatic heterocycles. The average Bonchev–Trinajstić information content (AvgIpc) is 3.49. The molecule has 0 unspecified atom stereocenters. The van der Waals surface area contributed by atoms with Crippen LogP contribution in [0.25, 0.3) is 6.08 Å². The number of Topliss-reactive ketones (excluding diaryl/α,β-unsaturated/α-hetero) is 2. The highest BCUT2D eigenvalue weighted by Crippen LogP contribution is 2.62. The van der Waals surface area contributed by atoms with Crippen molar-refractivity contribution in [1.82, 2.24) is 4.90 Å². The minimum atomic E-state index is -1.40. The summed E-state index contributed by atoms with van der Waals surface area (Å²) in [5.41, 5.74) is 2.46. The van der Waals surface area contributed by atoms with Gasteiger partial charge in [-0.25, -0.2) is 0 Å². The molecular weight excluding hydrogens is 560 g/mol. The first kappa shape index (κ1) is 27.2. The van der Waals surface area contributed by atoms with Crippen molar-refractivity contribution in [2.75, 3.05) is 5.32 Å². The number of hydrogen-bond donors (Lipinski definition) is 1. The Morgan fingerprint density at radius 1 is 0.884 bits per heavy atom. The van der Waals surface area contributed by atoms with E-state index < -0.39 is 23.4 Å². The third-order valence-electron chi connectivity index (χ3n) is 8.77. The van der Waals surface area contributed by atoms with Gasteiger partial charge in [0.05, 0.1) is 23.1 Å². The predicted molar refractivity (Wildman–Crippen MR) is 166 cm³/mol. The van der Waals surface area contributed by atoms with Gasteiger partial charge in [-0.15, -0.1) is 0 Å². The molecule has 0 aliphatic carbocycles. The average molecular weight is 589 g/mol. The van der Waals surface area contributed by atoms with Crippen LogP contribution in [-0.4, -0.2) is 34.5 Å². The maximum Gasteiger partial charge on any atom is 0.238 e. The lowest BCUT2D eigenvalue weighted by molar-refractivity contribution is -0.122. The smallest absolute Gasteiger partial charge is 0.238 e. The standard InChI is InChI=1S/C36H29ClN2O4/c1-21(2)43-24-17-15-23(16-18-24)32(40)30-31(33(41)26-11-5-7-13-28(26)37)39-20-19-22-9-3-4-10-25(22)34(39)36(30)27-12-6-8-14-29(27)38-35(36)42/h3-21,30-31,34H,1-2H3,(H,38,42)/t30-,31+,34+,36+/m0/s1. The molecule has 1 saturated heterocycles. The van der Waals surface area contributed by atoms with Crippen molar-refractivity contribution in [3.8, 4) is 5.75 Å². The van der Waals surface area contributed by atoms with E-state index >= 15 is 0 Å². The van der Waals surface area contributed by atoms with Gasteiger partial charge in [0.2, 0.25) is 5.91 Å². The molecule has 0 saturated carbocycles. The van der Waals surface area contributed by atoms with Gasteiger partial charge in [0, 0.05) is 23.0 Å². The number of nitrogens with zero attached hydrogens (tertiary/aromatic N) is 1. The number of fused-ring (bicyclic) bond motifs is 6. The molecule has 214 valence electrons. The number of nitrogens with one attached hydrogen (secondary N) is 1. The fraction of sp³-hybridized carbons (Fsp3) is 0.194. The second-order valence-corrected chi connectivity index (χ2v) is 11.9. The summed E-state index contributed by atoms with van der Waals surface area (Å²) in [5.74, 6) is -1.35. The number of anilines is 1. The number of para-hydroxylation sites is 1. The van der Waals surface area contributed by atoms with E-state index in [-0.39, 0.29) is 23.6 Å². The van der Waals surface area contributed by atoms with E-state index in [9.17, 15) is 14.4 Å². The molecule has 6 nitrogen and oxygen atoms in total. The highest BCUT2D eigenvalue weighted by atomic mass is 35.5. The summed E-state index contributed by atoms with van der Waals surface area (Å²) in [6, 6.07) is 27.5. The lowest BCUT2D eigenvalue weighted by Crippen LogP contribution is -2.49. The fourth-order valence-corrected chi connectivity index (χ4v) is 7.37. The number of carbonyl (C=O) groups is 3. The second-order valence-electron chi connectivity index (χ2n) is 11.5. The first-order chi connectivity index (χ1) is 20.8. The van der Waals surface area contributed by atoms with Crippen LogP contribution in [-0.2, 0) is 10.2 Å². The van der Waals surface area contributed by atoms with Crippen LogP contribution >= 0.6 is 11.6 Å². The van der Waals surface area contributed by atoms with E-state index in [1.165, 1.54) is 0 Å². The van der Waals surface area contributed by atoms with Crippen LogP contribution in [0.5, 0.6) is 5.75 Å². The lowest BCUT2D eigenvalue weighted by Gasteiger charge is -2.38. The first-order valence-electron chi connectivity index (χ1n) is 14.4. The first-order valence-corrected chi connectivity index (χ1v) is 14.8. The molecule has 1 fully saturated rings. The molecule has 43 heavy (non-hydrogen) atoms. The molecule has 4 aromatic rings. The molecule has 4 atom stereocenters. The Balaban J connectivity index is 1.49. The largest absolute Gasteiger partial charge is 0.491 e. The number of rotatable bonds is 6. The molecule has 1 N–H and O–H groups in total. The van der Waals surface area contributed by atoms with Crippen molar-refractivity contribution < 1.29 is 19.1 Å². The Morgan fingerprint density at radius 3 is 2.35 bits per heavy atom. The van der Waals surface area contributed by atoms with Crippen molar-refractivity contribution in [3.63, 3.8) is 0 Å². The fourth-order valence-electron chi connectivity index (χ4n) is 7.14. The zero-order valence-corrected chi connectivity index (χ0v) is 24.4. The normalized spacial score (nSPS) is 23.1. The summed E-state index contributed by atoms with van der Waals surface area (Å²) in [6.07, 6.45) is 3.77. The number of amides is 1. The summed E-state index contributed by atoms with van der Waals surface area (Å²) in [4.78, 5) is 46.0. The number of ether oxygens (including phenoxy) is 1. The Hall–Kier alpha value is -4.68. The van der Waals surface area contributed by atoms with Crippen LogP contribution in [0.1, 0.15) is 57.3 Å². The van der Waals surface area contributed by atoms with Crippen LogP contribution in [0.15, 0.2) is 103 Å². The highest BCUT2D eigenvalue weighted by Gasteiger charge is 2.70. The number of hydrogen-bond acceptors (Lipinski definition) is 5. The topological polar surface area (TPSA) is 75.7 Å². The molecule has 3 heterocycles. The van der Waals surface area contributed by atoms with E-state index in [1.54, 1.807) is 48.5 Å². The summed E-state index contributed by atoms with van der Waals surface area (Å²) in [6.45, 7) is 3.87. The van der Waals surface area contributed by atoms with Crippen molar-refractivity contribution >= 4 is 40.8 Å². The van der Waals surface area contributed by atoms with E-state index in [4.69, 9.17) is 16.3 Å². The minimum Gasteiger partial charge on any atom is -0.491 e. The van der Waals surface area contributed by atoms with Crippen LogP contribution in [0.2, 0.25) is 5.02 Å². The van der Waals surface area contributed by atoms with E-state index in [0.29, 0.717) is 33.1 Å². The monoisotopic (exact) mass is 588 g/mol. The van der Waals surface area contributed by atoms with Crippen LogP contribution in [0.3, 0.4) is 0 Å². The molecule has 0 bridgehead atoms. The molecular formula is C36H29ClN2O4. The molecule has 4 aromatic carbocycles. The van der Waals surface area contributed by atoms with Crippen molar-refractivity contribution in [1.29, 1.82) is 0 Å². The molecule has 7 heteroatoms. The Labute approximate surface area is 254 Å². The van der Waals surface area contributed by atoms with Gasteiger partial charge >= 0.3 is 0 Å². The van der Waals surface area contributed by atoms with Crippen LogP contribution in [0.4, 0.5) is 5.69 Å². The minimum absolute atomic E-state index is 0.0289. The number of carbonyl (C=O) groups excluding carboxylic acids is 3. The second kappa shape index (κ2) is 10.2. The maximum atomic E-state index is 14.9. The third kappa shape index (κ3) is 4.04. The number of halogens is 1. The predicted octanol–water partition coefficient (Wildman–Crippen LogP) is 7.11.